The van der Waals surface area contributed by atoms with Crippen molar-refractivity contribution in [3.63, 3.8) is 0 Å². The Morgan fingerprint density at radius 3 is 3.06 bits per heavy atom. The van der Waals surface area contributed by atoms with E-state index >= 15 is 0 Å². The van der Waals surface area contributed by atoms with Crippen LogP contribution >= 0.6 is 0 Å². The average Bonchev–Trinajstić information content (AvgIpc) is 2.77. The van der Waals surface area contributed by atoms with E-state index in [4.69, 9.17) is 10.00 Å². The first-order valence-corrected chi connectivity index (χ1v) is 5.19. The Morgan fingerprint density at radius 2 is 2.44 bits per heavy atom. The van der Waals surface area contributed by atoms with Gasteiger partial charge in [-0.2, -0.15) is 5.26 Å². The summed E-state index contributed by atoms with van der Waals surface area (Å²) in [5.41, 5.74) is 0.568. The van der Waals surface area contributed by atoms with Gasteiger partial charge in [0.05, 0.1) is 17.7 Å². The minimum atomic E-state index is 0.164. The highest BCUT2D eigenvalue weighted by Crippen LogP contribution is 2.11. The Hall–Kier alpha value is -1.64. The molecule has 2 atom stereocenters. The Bertz CT molecular complexity index is 384. The second-order valence-electron chi connectivity index (χ2n) is 3.73. The molecule has 5 nitrogen and oxygen atoms in total. The highest BCUT2D eigenvalue weighted by atomic mass is 16.5. The van der Waals surface area contributed by atoms with E-state index in [1.807, 2.05) is 12.1 Å². The van der Waals surface area contributed by atoms with Crippen molar-refractivity contribution in [2.24, 2.45) is 0 Å². The molecule has 84 valence electrons. The molecule has 1 aromatic rings. The molecule has 2 heterocycles. The minimum Gasteiger partial charge on any atom is -0.378 e. The number of hydrogen-bond donors (Lipinski definition) is 2. The van der Waals surface area contributed by atoms with Crippen molar-refractivity contribution in [3.8, 4) is 6.07 Å². The first-order chi connectivity index (χ1) is 7.83. The number of ether oxygens (including phenoxy) is 1. The van der Waals surface area contributed by atoms with Gasteiger partial charge in [-0.25, -0.2) is 4.98 Å². The minimum absolute atomic E-state index is 0.164. The quantitative estimate of drug-likeness (QED) is 0.766. The van der Waals surface area contributed by atoms with Crippen molar-refractivity contribution in [2.75, 3.05) is 25.5 Å². The third kappa shape index (κ3) is 2.30. The molecular weight excluding hydrogens is 204 g/mol. The summed E-state index contributed by atoms with van der Waals surface area (Å²) in [4.78, 5) is 4.16. The molecule has 2 unspecified atom stereocenters. The lowest BCUT2D eigenvalue weighted by Gasteiger charge is -2.18. The number of hydrogen-bond acceptors (Lipinski definition) is 5. The van der Waals surface area contributed by atoms with Crippen LogP contribution in [0.5, 0.6) is 0 Å². The molecule has 0 amide bonds. The van der Waals surface area contributed by atoms with Crippen LogP contribution in [0.4, 0.5) is 5.82 Å². The first kappa shape index (κ1) is 10.9. The molecule has 0 radical (unpaired) electrons. The zero-order valence-corrected chi connectivity index (χ0v) is 9.10. The van der Waals surface area contributed by atoms with Gasteiger partial charge >= 0.3 is 0 Å². The van der Waals surface area contributed by atoms with Crippen LogP contribution in [0.2, 0.25) is 0 Å². The Morgan fingerprint density at radius 1 is 1.56 bits per heavy atom. The van der Waals surface area contributed by atoms with E-state index in [0.717, 1.165) is 18.9 Å². The summed E-state index contributed by atoms with van der Waals surface area (Å²) < 4.78 is 5.34. The Kier molecular flexibility index (Phi) is 3.34. The highest BCUT2D eigenvalue weighted by molar-refractivity contribution is 5.40. The molecule has 16 heavy (non-hydrogen) atoms. The normalized spacial score (nSPS) is 24.0. The number of pyridine rings is 1. The van der Waals surface area contributed by atoms with E-state index in [1.54, 1.807) is 19.4 Å². The second kappa shape index (κ2) is 4.92. The van der Waals surface area contributed by atoms with E-state index < -0.39 is 0 Å². The Labute approximate surface area is 94.4 Å². The molecule has 2 rings (SSSR count). The predicted molar refractivity (Wildman–Crippen MR) is 60.0 cm³/mol. The monoisotopic (exact) mass is 218 g/mol. The largest absolute Gasteiger partial charge is 0.378 e. The van der Waals surface area contributed by atoms with Crippen molar-refractivity contribution < 1.29 is 4.74 Å². The van der Waals surface area contributed by atoms with Crippen LogP contribution in [-0.2, 0) is 4.74 Å². The maximum atomic E-state index is 8.65. The van der Waals surface area contributed by atoms with E-state index in [2.05, 4.69) is 15.6 Å². The molecule has 5 heteroatoms. The van der Waals surface area contributed by atoms with Crippen LogP contribution < -0.4 is 10.6 Å². The number of methoxy groups -OCH3 is 1. The number of anilines is 1. The maximum absolute atomic E-state index is 8.65. The molecule has 1 saturated heterocycles. The summed E-state index contributed by atoms with van der Waals surface area (Å²) in [5.74, 6) is 0.773. The van der Waals surface area contributed by atoms with Crippen molar-refractivity contribution in [1.82, 2.24) is 10.3 Å². The molecule has 0 aliphatic carbocycles. The number of rotatable bonds is 3. The smallest absolute Gasteiger partial charge is 0.126 e. The fourth-order valence-electron chi connectivity index (χ4n) is 1.78. The zero-order chi connectivity index (χ0) is 11.4. The van der Waals surface area contributed by atoms with Crippen molar-refractivity contribution in [3.05, 3.63) is 23.9 Å². The van der Waals surface area contributed by atoms with Crippen LogP contribution in [0.1, 0.15) is 5.56 Å². The number of nitriles is 1. The lowest BCUT2D eigenvalue weighted by Crippen LogP contribution is -2.33. The molecular formula is C11H14N4O. The van der Waals surface area contributed by atoms with Crippen molar-refractivity contribution in [1.29, 1.82) is 5.26 Å². The van der Waals surface area contributed by atoms with Crippen LogP contribution in [0.3, 0.4) is 0 Å². The standard InChI is InChI=1S/C11H14N4O/c1-16-10-7-13-6-9(10)15-11-3-2-8(4-12)5-14-11/h2-3,5,9-10,13H,6-7H2,1H3,(H,14,15). The maximum Gasteiger partial charge on any atom is 0.126 e. The summed E-state index contributed by atoms with van der Waals surface area (Å²) >= 11 is 0. The predicted octanol–water partition coefficient (Wildman–Crippen LogP) is 0.352. The number of aromatic nitrogens is 1. The third-order valence-electron chi connectivity index (χ3n) is 2.69. The topological polar surface area (TPSA) is 70.0 Å². The van der Waals surface area contributed by atoms with Gasteiger partial charge in [-0.05, 0) is 12.1 Å². The molecule has 0 bridgehead atoms. The molecule has 1 aromatic heterocycles. The van der Waals surface area contributed by atoms with Crippen molar-refractivity contribution in [2.45, 2.75) is 12.1 Å². The van der Waals surface area contributed by atoms with E-state index in [0.29, 0.717) is 5.56 Å². The van der Waals surface area contributed by atoms with Crippen LogP contribution in [-0.4, -0.2) is 37.3 Å². The molecule has 0 saturated carbocycles. The summed E-state index contributed by atoms with van der Waals surface area (Å²) in [6.45, 7) is 1.71. The number of nitrogens with zero attached hydrogens (tertiary/aromatic N) is 2. The summed E-state index contributed by atoms with van der Waals surface area (Å²) in [7, 11) is 1.71. The fourth-order valence-corrected chi connectivity index (χ4v) is 1.78. The molecule has 2 N–H and O–H groups in total. The highest BCUT2D eigenvalue weighted by Gasteiger charge is 2.26. The SMILES string of the molecule is COC1CNCC1Nc1ccc(C#N)cn1. The van der Waals surface area contributed by atoms with Crippen LogP contribution in [0.15, 0.2) is 18.3 Å². The first-order valence-electron chi connectivity index (χ1n) is 5.19. The van der Waals surface area contributed by atoms with E-state index in [9.17, 15) is 0 Å². The van der Waals surface area contributed by atoms with Gasteiger partial charge in [-0.3, -0.25) is 0 Å². The van der Waals surface area contributed by atoms with Crippen molar-refractivity contribution >= 4 is 5.82 Å². The molecule has 1 aliphatic heterocycles. The summed E-state index contributed by atoms with van der Waals surface area (Å²) in [6, 6.07) is 5.83. The molecule has 1 fully saturated rings. The summed E-state index contributed by atoms with van der Waals surface area (Å²) in [6.07, 6.45) is 1.73. The fraction of sp³-hybridized carbons (Fsp3) is 0.455. The van der Waals surface area contributed by atoms with Gasteiger partial charge in [-0.1, -0.05) is 0 Å². The van der Waals surface area contributed by atoms with Gasteiger partial charge in [0.25, 0.3) is 0 Å². The molecule has 0 spiro atoms. The Balaban J connectivity index is 2.00. The van der Waals surface area contributed by atoms with E-state index in [-0.39, 0.29) is 12.1 Å². The zero-order valence-electron chi connectivity index (χ0n) is 9.10. The molecule has 1 aliphatic rings. The second-order valence-corrected chi connectivity index (χ2v) is 3.73. The summed E-state index contributed by atoms with van der Waals surface area (Å²) in [5, 5.41) is 15.2. The van der Waals surface area contributed by atoms with Gasteiger partial charge in [-0.15, -0.1) is 0 Å². The van der Waals surface area contributed by atoms with Gasteiger partial charge in [0, 0.05) is 26.4 Å². The van der Waals surface area contributed by atoms with Gasteiger partial charge in [0.15, 0.2) is 0 Å². The lowest BCUT2D eigenvalue weighted by molar-refractivity contribution is 0.111. The third-order valence-corrected chi connectivity index (χ3v) is 2.69. The van der Waals surface area contributed by atoms with E-state index in [1.165, 1.54) is 0 Å². The van der Waals surface area contributed by atoms with Crippen LogP contribution in [0.25, 0.3) is 0 Å². The molecule has 0 aromatic carbocycles. The van der Waals surface area contributed by atoms with Gasteiger partial charge in [0.1, 0.15) is 11.9 Å². The average molecular weight is 218 g/mol. The van der Waals surface area contributed by atoms with Crippen LogP contribution in [0, 0.1) is 11.3 Å². The van der Waals surface area contributed by atoms with Gasteiger partial charge < -0.3 is 15.4 Å². The lowest BCUT2D eigenvalue weighted by atomic mass is 10.2. The number of nitrogens with one attached hydrogen (secondary N) is 2. The van der Waals surface area contributed by atoms with Gasteiger partial charge in [0.2, 0.25) is 0 Å².